The number of carbonyl (C=O) groups excluding carboxylic acids is 2. The molecule has 3 aromatic rings. The number of carbonyl (C=O) groups is 2. The van der Waals surface area contributed by atoms with Crippen molar-refractivity contribution in [2.45, 2.75) is 6.92 Å². The molecule has 0 radical (unpaired) electrons. The maximum atomic E-state index is 12.2. The van der Waals surface area contributed by atoms with Crippen molar-refractivity contribution < 1.29 is 9.59 Å². The maximum absolute atomic E-state index is 12.2. The molecule has 114 valence electrons. The van der Waals surface area contributed by atoms with Crippen molar-refractivity contribution in [3.05, 3.63) is 71.1 Å². The summed E-state index contributed by atoms with van der Waals surface area (Å²) in [6, 6.07) is 16.4. The first-order valence-corrected chi connectivity index (χ1v) is 7.95. The van der Waals surface area contributed by atoms with Crippen LogP contribution in [0.3, 0.4) is 0 Å². The average Bonchev–Trinajstić information content (AvgIpc) is 3.04. The number of aromatic nitrogens is 1. The molecule has 1 N–H and O–H groups in total. The van der Waals surface area contributed by atoms with Gasteiger partial charge >= 0.3 is 0 Å². The molecule has 0 atom stereocenters. The van der Waals surface area contributed by atoms with E-state index in [2.05, 4.69) is 10.3 Å². The predicted octanol–water partition coefficient (Wildman–Crippen LogP) is 4.27. The quantitative estimate of drug-likeness (QED) is 0.730. The lowest BCUT2D eigenvalue weighted by Crippen LogP contribution is -2.11. The number of benzene rings is 2. The first-order valence-electron chi connectivity index (χ1n) is 7.07. The van der Waals surface area contributed by atoms with E-state index < -0.39 is 0 Å². The van der Waals surface area contributed by atoms with Gasteiger partial charge in [-0.1, -0.05) is 42.5 Å². The zero-order valence-electron chi connectivity index (χ0n) is 12.4. The Hall–Kier alpha value is -2.79. The summed E-state index contributed by atoms with van der Waals surface area (Å²) in [6.45, 7) is 1.50. The van der Waals surface area contributed by atoms with Crippen molar-refractivity contribution in [3.8, 4) is 11.3 Å². The molecule has 0 spiro atoms. The van der Waals surface area contributed by atoms with E-state index in [4.69, 9.17) is 0 Å². The second-order valence-electron chi connectivity index (χ2n) is 4.99. The summed E-state index contributed by atoms with van der Waals surface area (Å²) >= 11 is 1.38. The molecule has 2 aromatic carbocycles. The largest absolute Gasteiger partial charge is 0.298 e. The van der Waals surface area contributed by atoms with Crippen molar-refractivity contribution >= 4 is 28.2 Å². The van der Waals surface area contributed by atoms with Crippen LogP contribution in [0.15, 0.2) is 60.0 Å². The van der Waals surface area contributed by atoms with Gasteiger partial charge in [-0.25, -0.2) is 4.98 Å². The van der Waals surface area contributed by atoms with E-state index in [0.29, 0.717) is 16.3 Å². The van der Waals surface area contributed by atoms with E-state index in [-0.39, 0.29) is 11.7 Å². The van der Waals surface area contributed by atoms with Gasteiger partial charge in [0.2, 0.25) is 0 Å². The van der Waals surface area contributed by atoms with Gasteiger partial charge in [0.15, 0.2) is 10.9 Å². The lowest BCUT2D eigenvalue weighted by Gasteiger charge is -2.02. The molecule has 4 nitrogen and oxygen atoms in total. The van der Waals surface area contributed by atoms with Crippen molar-refractivity contribution in [2.75, 3.05) is 5.32 Å². The minimum Gasteiger partial charge on any atom is -0.298 e. The summed E-state index contributed by atoms with van der Waals surface area (Å²) in [4.78, 5) is 27.9. The van der Waals surface area contributed by atoms with E-state index in [1.54, 1.807) is 24.3 Å². The van der Waals surface area contributed by atoms with E-state index in [0.717, 1.165) is 11.3 Å². The lowest BCUT2D eigenvalue weighted by molar-refractivity contribution is 0.100. The highest BCUT2D eigenvalue weighted by Gasteiger charge is 2.10. The normalized spacial score (nSPS) is 10.3. The summed E-state index contributed by atoms with van der Waals surface area (Å²) in [5.74, 6) is -0.265. The van der Waals surface area contributed by atoms with E-state index in [1.807, 2.05) is 35.7 Å². The Morgan fingerprint density at radius 2 is 1.61 bits per heavy atom. The number of hydrogen-bond acceptors (Lipinski definition) is 4. The number of nitrogens with zero attached hydrogens (tertiary/aromatic N) is 1. The topological polar surface area (TPSA) is 59.1 Å². The van der Waals surface area contributed by atoms with Crippen LogP contribution in [-0.4, -0.2) is 16.7 Å². The molecule has 1 aromatic heterocycles. The molecular formula is C18H14N2O2S. The molecule has 0 aliphatic carbocycles. The third-order valence-corrected chi connectivity index (χ3v) is 4.11. The van der Waals surface area contributed by atoms with Crippen LogP contribution < -0.4 is 5.32 Å². The lowest BCUT2D eigenvalue weighted by atomic mass is 10.1. The predicted molar refractivity (Wildman–Crippen MR) is 91.9 cm³/mol. The molecule has 3 rings (SSSR count). The van der Waals surface area contributed by atoms with Gasteiger partial charge in [0, 0.05) is 22.1 Å². The number of hydrogen-bond donors (Lipinski definition) is 1. The first kappa shape index (κ1) is 15.1. The minimum absolute atomic E-state index is 0.0237. The molecule has 23 heavy (non-hydrogen) atoms. The molecule has 0 aliphatic rings. The van der Waals surface area contributed by atoms with Gasteiger partial charge in [0.25, 0.3) is 5.91 Å². The second kappa shape index (κ2) is 6.54. The molecule has 1 amide bonds. The van der Waals surface area contributed by atoms with E-state index >= 15 is 0 Å². The molecule has 1 heterocycles. The van der Waals surface area contributed by atoms with Gasteiger partial charge in [0.1, 0.15) is 0 Å². The third-order valence-electron chi connectivity index (χ3n) is 3.35. The molecule has 0 unspecified atom stereocenters. The number of anilines is 1. The number of Topliss-reactive ketones (excluding diaryl/α,β-unsaturated/α-hetero) is 1. The molecule has 0 aliphatic heterocycles. The van der Waals surface area contributed by atoms with Gasteiger partial charge in [-0.2, -0.15) is 0 Å². The molecular weight excluding hydrogens is 308 g/mol. The van der Waals surface area contributed by atoms with Crippen LogP contribution in [0, 0.1) is 0 Å². The molecule has 0 bridgehead atoms. The van der Waals surface area contributed by atoms with E-state index in [9.17, 15) is 9.59 Å². The summed E-state index contributed by atoms with van der Waals surface area (Å²) in [5, 5.41) is 5.23. The maximum Gasteiger partial charge on any atom is 0.257 e. The Morgan fingerprint density at radius 1 is 0.957 bits per heavy atom. The second-order valence-corrected chi connectivity index (χ2v) is 5.85. The Morgan fingerprint density at radius 3 is 2.26 bits per heavy atom. The van der Waals surface area contributed by atoms with Gasteiger partial charge in [-0.15, -0.1) is 11.3 Å². The summed E-state index contributed by atoms with van der Waals surface area (Å²) < 4.78 is 0. The fourth-order valence-corrected chi connectivity index (χ4v) is 2.81. The Bertz CT molecular complexity index is 839. The summed E-state index contributed by atoms with van der Waals surface area (Å²) in [5.41, 5.74) is 2.92. The molecule has 0 fully saturated rings. The van der Waals surface area contributed by atoms with Gasteiger partial charge < -0.3 is 0 Å². The van der Waals surface area contributed by atoms with Gasteiger partial charge in [0.05, 0.1) is 5.69 Å². The molecule has 5 heteroatoms. The third kappa shape index (κ3) is 3.52. The van der Waals surface area contributed by atoms with E-state index in [1.165, 1.54) is 18.3 Å². The summed E-state index contributed by atoms with van der Waals surface area (Å²) in [6.07, 6.45) is 0. The van der Waals surface area contributed by atoms with Crippen LogP contribution in [0.4, 0.5) is 5.13 Å². The standard InChI is InChI=1S/C18H14N2O2S/c1-12(21)13-7-9-15(10-8-13)17(22)20-18-19-16(11-23-18)14-5-3-2-4-6-14/h2-11H,1H3,(H,19,20,22). The van der Waals surface area contributed by atoms with Crippen LogP contribution in [0.2, 0.25) is 0 Å². The number of ketones is 1. The smallest absolute Gasteiger partial charge is 0.257 e. The molecule has 0 saturated heterocycles. The number of nitrogens with one attached hydrogen (secondary N) is 1. The van der Waals surface area contributed by atoms with Crippen LogP contribution in [-0.2, 0) is 0 Å². The minimum atomic E-state index is -0.242. The monoisotopic (exact) mass is 322 g/mol. The number of rotatable bonds is 4. The number of amides is 1. The Labute approximate surface area is 137 Å². The fourth-order valence-electron chi connectivity index (χ4n) is 2.10. The van der Waals surface area contributed by atoms with Gasteiger partial charge in [-0.3, -0.25) is 14.9 Å². The number of thiazole rings is 1. The van der Waals surface area contributed by atoms with Crippen LogP contribution in [0.5, 0.6) is 0 Å². The van der Waals surface area contributed by atoms with Crippen LogP contribution in [0.1, 0.15) is 27.6 Å². The SMILES string of the molecule is CC(=O)c1ccc(C(=O)Nc2nc(-c3ccccc3)cs2)cc1. The van der Waals surface area contributed by atoms with Crippen molar-refractivity contribution in [1.29, 1.82) is 0 Å². The zero-order valence-corrected chi connectivity index (χ0v) is 13.3. The average molecular weight is 322 g/mol. The van der Waals surface area contributed by atoms with Crippen LogP contribution in [0.25, 0.3) is 11.3 Å². The first-order chi connectivity index (χ1) is 11.1. The highest BCUT2D eigenvalue weighted by atomic mass is 32.1. The van der Waals surface area contributed by atoms with Crippen molar-refractivity contribution in [1.82, 2.24) is 4.98 Å². The van der Waals surface area contributed by atoms with Gasteiger partial charge in [-0.05, 0) is 19.1 Å². The summed E-state index contributed by atoms with van der Waals surface area (Å²) in [7, 11) is 0. The molecule has 0 saturated carbocycles. The fraction of sp³-hybridized carbons (Fsp3) is 0.0556. The van der Waals surface area contributed by atoms with Crippen molar-refractivity contribution in [2.24, 2.45) is 0 Å². The van der Waals surface area contributed by atoms with Crippen molar-refractivity contribution in [3.63, 3.8) is 0 Å². The zero-order chi connectivity index (χ0) is 16.2. The highest BCUT2D eigenvalue weighted by molar-refractivity contribution is 7.14. The Balaban J connectivity index is 1.73. The Kier molecular flexibility index (Phi) is 4.30. The highest BCUT2D eigenvalue weighted by Crippen LogP contribution is 2.24. The van der Waals surface area contributed by atoms with Crippen LogP contribution >= 0.6 is 11.3 Å².